The molecule has 0 saturated carbocycles. The van der Waals surface area contributed by atoms with Crippen molar-refractivity contribution in [3.05, 3.63) is 0 Å². The van der Waals surface area contributed by atoms with E-state index in [2.05, 4.69) is 0 Å². The molecule has 0 heterocycles. The highest BCUT2D eigenvalue weighted by Gasteiger charge is 2.37. The third-order valence-electron chi connectivity index (χ3n) is 2.06. The van der Waals surface area contributed by atoms with Gasteiger partial charge in [-0.25, -0.2) is 0 Å². The molecule has 6 heteroatoms. The third kappa shape index (κ3) is 3.22. The van der Waals surface area contributed by atoms with E-state index in [0.29, 0.717) is 0 Å². The highest BCUT2D eigenvalue weighted by atomic mass is 16.2. The van der Waals surface area contributed by atoms with Crippen molar-refractivity contribution >= 4 is 17.7 Å². The molecular formula is C10H19N3O3. The van der Waals surface area contributed by atoms with Crippen LogP contribution in [0.4, 0.5) is 0 Å². The monoisotopic (exact) mass is 229 g/mol. The largest absolute Gasteiger partial charge is 0.348 e. The van der Waals surface area contributed by atoms with Gasteiger partial charge in [-0.3, -0.25) is 14.4 Å². The minimum absolute atomic E-state index is 0.502. The van der Waals surface area contributed by atoms with Gasteiger partial charge in [-0.05, 0) is 0 Å². The first-order valence-corrected chi connectivity index (χ1v) is 4.83. The first-order chi connectivity index (χ1) is 7.20. The summed E-state index contributed by atoms with van der Waals surface area (Å²) in [6.45, 7) is 0. The van der Waals surface area contributed by atoms with Gasteiger partial charge in [-0.1, -0.05) is 0 Å². The molecule has 0 radical (unpaired) electrons. The molecule has 0 N–H and O–H groups in total. The van der Waals surface area contributed by atoms with Crippen molar-refractivity contribution < 1.29 is 14.4 Å². The van der Waals surface area contributed by atoms with Gasteiger partial charge in [-0.15, -0.1) is 0 Å². The molecule has 0 aliphatic heterocycles. The SMILES string of the molecule is CN(C)C(=O)C(C(=O)N(C)C)C(=O)N(C)C. The third-order valence-corrected chi connectivity index (χ3v) is 2.06. The number of hydrogen-bond acceptors (Lipinski definition) is 3. The molecule has 0 fully saturated rings. The van der Waals surface area contributed by atoms with Gasteiger partial charge >= 0.3 is 0 Å². The molecule has 0 rings (SSSR count). The molecule has 0 unspecified atom stereocenters. The van der Waals surface area contributed by atoms with Crippen molar-refractivity contribution in [2.75, 3.05) is 42.3 Å². The first-order valence-electron chi connectivity index (χ1n) is 4.83. The molecule has 0 aromatic heterocycles. The summed E-state index contributed by atoms with van der Waals surface area (Å²) in [4.78, 5) is 39.0. The summed E-state index contributed by atoms with van der Waals surface area (Å²) in [6.07, 6.45) is 0. The minimum atomic E-state index is -1.28. The minimum Gasteiger partial charge on any atom is -0.348 e. The Hall–Kier alpha value is -1.59. The second kappa shape index (κ2) is 5.48. The zero-order chi connectivity index (χ0) is 13.0. The molecule has 3 amide bonds. The molecule has 92 valence electrons. The Balaban J connectivity index is 5.14. The van der Waals surface area contributed by atoms with Crippen molar-refractivity contribution in [2.45, 2.75) is 0 Å². The molecule has 0 bridgehead atoms. The summed E-state index contributed by atoms with van der Waals surface area (Å²) in [5, 5.41) is 0. The zero-order valence-corrected chi connectivity index (χ0v) is 10.6. The summed E-state index contributed by atoms with van der Waals surface area (Å²) in [5.41, 5.74) is 0. The lowest BCUT2D eigenvalue weighted by Gasteiger charge is -2.24. The van der Waals surface area contributed by atoms with Crippen molar-refractivity contribution in [1.82, 2.24) is 14.7 Å². The molecule has 0 spiro atoms. The Morgan fingerprint density at radius 3 is 0.938 bits per heavy atom. The predicted molar refractivity (Wildman–Crippen MR) is 59.6 cm³/mol. The second-order valence-electron chi connectivity index (χ2n) is 4.13. The Labute approximate surface area is 95.8 Å². The van der Waals surface area contributed by atoms with E-state index < -0.39 is 23.6 Å². The fraction of sp³-hybridized carbons (Fsp3) is 0.700. The lowest BCUT2D eigenvalue weighted by molar-refractivity contribution is -0.153. The maximum atomic E-state index is 11.8. The predicted octanol–water partition coefficient (Wildman–Crippen LogP) is -1.13. The number of rotatable bonds is 3. The van der Waals surface area contributed by atoms with Crippen molar-refractivity contribution in [3.8, 4) is 0 Å². The van der Waals surface area contributed by atoms with Crippen molar-refractivity contribution in [2.24, 2.45) is 5.92 Å². The summed E-state index contributed by atoms with van der Waals surface area (Å²) in [7, 11) is 9.09. The van der Waals surface area contributed by atoms with E-state index in [0.717, 1.165) is 0 Å². The fourth-order valence-electron chi connectivity index (χ4n) is 1.09. The highest BCUT2D eigenvalue weighted by molar-refractivity contribution is 6.17. The fourth-order valence-corrected chi connectivity index (χ4v) is 1.09. The molecule has 16 heavy (non-hydrogen) atoms. The molecule has 0 aliphatic carbocycles. The quantitative estimate of drug-likeness (QED) is 0.575. The van der Waals surface area contributed by atoms with Gasteiger partial charge in [0, 0.05) is 42.3 Å². The average molecular weight is 229 g/mol. The summed E-state index contributed by atoms with van der Waals surface area (Å²) >= 11 is 0. The highest BCUT2D eigenvalue weighted by Crippen LogP contribution is 2.07. The lowest BCUT2D eigenvalue weighted by Crippen LogP contribution is -2.48. The van der Waals surface area contributed by atoms with Crippen molar-refractivity contribution in [1.29, 1.82) is 0 Å². The Bertz CT molecular complexity index is 250. The van der Waals surface area contributed by atoms with E-state index in [1.54, 1.807) is 0 Å². The topological polar surface area (TPSA) is 60.9 Å². The van der Waals surface area contributed by atoms with Gasteiger partial charge in [0.05, 0.1) is 0 Å². The van der Waals surface area contributed by atoms with Crippen LogP contribution >= 0.6 is 0 Å². The molecule has 0 atom stereocenters. The number of carbonyl (C=O) groups excluding carboxylic acids is 3. The van der Waals surface area contributed by atoms with Crippen LogP contribution in [-0.4, -0.2) is 74.7 Å². The standard InChI is InChI=1S/C10H19N3O3/c1-11(2)8(14)7(9(15)12(3)4)10(16)13(5)6/h7H,1-6H3. The summed E-state index contributed by atoms with van der Waals surface area (Å²) < 4.78 is 0. The normalized spacial score (nSPS) is 9.94. The van der Waals surface area contributed by atoms with Crippen LogP contribution in [0, 0.1) is 5.92 Å². The zero-order valence-electron chi connectivity index (χ0n) is 10.6. The number of hydrogen-bond donors (Lipinski definition) is 0. The second-order valence-corrected chi connectivity index (χ2v) is 4.13. The van der Waals surface area contributed by atoms with Gasteiger partial charge in [0.2, 0.25) is 17.7 Å². The number of amides is 3. The summed E-state index contributed by atoms with van der Waals surface area (Å²) in [6, 6.07) is 0. The van der Waals surface area contributed by atoms with Crippen LogP contribution in [-0.2, 0) is 14.4 Å². The van der Waals surface area contributed by atoms with Gasteiger partial charge in [0.1, 0.15) is 0 Å². The van der Waals surface area contributed by atoms with Gasteiger partial charge in [0.25, 0.3) is 0 Å². The van der Waals surface area contributed by atoms with E-state index in [1.165, 1.54) is 57.0 Å². The van der Waals surface area contributed by atoms with Crippen LogP contribution in [0.1, 0.15) is 0 Å². The van der Waals surface area contributed by atoms with Gasteiger partial charge < -0.3 is 14.7 Å². The van der Waals surface area contributed by atoms with Crippen LogP contribution in [0.15, 0.2) is 0 Å². The smallest absolute Gasteiger partial charge is 0.244 e. The van der Waals surface area contributed by atoms with Gasteiger partial charge in [-0.2, -0.15) is 0 Å². The molecule has 0 aromatic rings. The average Bonchev–Trinajstić information content (AvgIpc) is 2.16. The number of nitrogens with zero attached hydrogens (tertiary/aromatic N) is 3. The molecule has 0 aromatic carbocycles. The number of carbonyl (C=O) groups is 3. The molecular weight excluding hydrogens is 210 g/mol. The van der Waals surface area contributed by atoms with Crippen molar-refractivity contribution in [3.63, 3.8) is 0 Å². The van der Waals surface area contributed by atoms with Crippen LogP contribution < -0.4 is 0 Å². The Kier molecular flexibility index (Phi) is 4.94. The molecule has 0 saturated heterocycles. The van der Waals surface area contributed by atoms with E-state index >= 15 is 0 Å². The van der Waals surface area contributed by atoms with E-state index in [-0.39, 0.29) is 0 Å². The van der Waals surface area contributed by atoms with E-state index in [1.807, 2.05) is 0 Å². The first kappa shape index (κ1) is 14.4. The van der Waals surface area contributed by atoms with E-state index in [4.69, 9.17) is 0 Å². The van der Waals surface area contributed by atoms with E-state index in [9.17, 15) is 14.4 Å². The summed E-state index contributed by atoms with van der Waals surface area (Å²) in [5.74, 6) is -2.78. The maximum Gasteiger partial charge on any atom is 0.244 e. The van der Waals surface area contributed by atoms with Crippen LogP contribution in [0.25, 0.3) is 0 Å². The lowest BCUT2D eigenvalue weighted by atomic mass is 10.1. The van der Waals surface area contributed by atoms with Crippen LogP contribution in [0.3, 0.4) is 0 Å². The molecule has 0 aliphatic rings. The Morgan fingerprint density at radius 1 is 0.625 bits per heavy atom. The van der Waals surface area contributed by atoms with Crippen LogP contribution in [0.2, 0.25) is 0 Å². The van der Waals surface area contributed by atoms with Gasteiger partial charge in [0.15, 0.2) is 5.92 Å². The van der Waals surface area contributed by atoms with Crippen LogP contribution in [0.5, 0.6) is 0 Å². The Morgan fingerprint density at radius 2 is 0.812 bits per heavy atom. The molecule has 6 nitrogen and oxygen atoms in total. The maximum absolute atomic E-state index is 11.8.